The first-order valence-electron chi connectivity index (χ1n) is 9.19. The summed E-state index contributed by atoms with van der Waals surface area (Å²) >= 11 is 6.22. The van der Waals surface area contributed by atoms with E-state index in [0.717, 1.165) is 5.56 Å². The highest BCUT2D eigenvalue weighted by Crippen LogP contribution is 2.37. The summed E-state index contributed by atoms with van der Waals surface area (Å²) in [6, 6.07) is 10.5. The summed E-state index contributed by atoms with van der Waals surface area (Å²) in [5.41, 5.74) is 2.51. The lowest BCUT2D eigenvalue weighted by Gasteiger charge is -2.22. The van der Waals surface area contributed by atoms with Crippen LogP contribution in [0.2, 0.25) is 5.02 Å². The Bertz CT molecular complexity index is 1060. The molecule has 29 heavy (non-hydrogen) atoms. The highest BCUT2D eigenvalue weighted by Gasteiger charge is 2.33. The third-order valence-electron chi connectivity index (χ3n) is 4.66. The van der Waals surface area contributed by atoms with E-state index >= 15 is 0 Å². The highest BCUT2D eigenvalue weighted by atomic mass is 35.5. The van der Waals surface area contributed by atoms with Crippen LogP contribution < -0.4 is 4.72 Å². The minimum atomic E-state index is -3.36. The van der Waals surface area contributed by atoms with E-state index in [-0.39, 0.29) is 23.1 Å². The van der Waals surface area contributed by atoms with Gasteiger partial charge in [-0.3, -0.25) is 9.52 Å². The van der Waals surface area contributed by atoms with Crippen LogP contribution in [0.5, 0.6) is 0 Å². The van der Waals surface area contributed by atoms with Gasteiger partial charge in [-0.15, -0.1) is 0 Å². The molecular formula is C20H21ClFN3O3S. The number of hydrazone groups is 1. The molecule has 1 heterocycles. The lowest BCUT2D eigenvalue weighted by atomic mass is 9.98. The zero-order chi connectivity index (χ0) is 21.2. The van der Waals surface area contributed by atoms with Gasteiger partial charge in [-0.2, -0.15) is 5.10 Å². The van der Waals surface area contributed by atoms with Crippen molar-refractivity contribution >= 4 is 38.9 Å². The summed E-state index contributed by atoms with van der Waals surface area (Å²) in [4.78, 5) is 12.4. The summed E-state index contributed by atoms with van der Waals surface area (Å²) < 4.78 is 39.3. The maximum atomic E-state index is 13.4. The summed E-state index contributed by atoms with van der Waals surface area (Å²) in [5.74, 6) is -0.635. The van der Waals surface area contributed by atoms with Gasteiger partial charge in [-0.25, -0.2) is 17.8 Å². The van der Waals surface area contributed by atoms with Gasteiger partial charge in [-0.1, -0.05) is 36.7 Å². The zero-order valence-corrected chi connectivity index (χ0v) is 17.6. The van der Waals surface area contributed by atoms with Crippen molar-refractivity contribution in [1.82, 2.24) is 5.01 Å². The SMILES string of the molecule is CCC(=O)N1N=C(c2ccc(NS(=O)(=O)CC)cc2)CC1c1ccc(F)cc1Cl. The van der Waals surface area contributed by atoms with Crippen molar-refractivity contribution in [3.05, 3.63) is 64.4 Å². The number of hydrogen-bond acceptors (Lipinski definition) is 4. The molecule has 6 nitrogen and oxygen atoms in total. The normalized spacial score (nSPS) is 16.6. The molecule has 0 spiro atoms. The molecule has 154 valence electrons. The van der Waals surface area contributed by atoms with Gasteiger partial charge in [0.25, 0.3) is 0 Å². The van der Waals surface area contributed by atoms with Gasteiger partial charge < -0.3 is 0 Å². The first kappa shape index (κ1) is 21.3. The van der Waals surface area contributed by atoms with Crippen LogP contribution in [0.1, 0.15) is 43.9 Å². The number of nitrogens with zero attached hydrogens (tertiary/aromatic N) is 2. The van der Waals surface area contributed by atoms with Crippen LogP contribution in [0.15, 0.2) is 47.6 Å². The average Bonchev–Trinajstić information content (AvgIpc) is 3.12. The quantitative estimate of drug-likeness (QED) is 0.730. The lowest BCUT2D eigenvalue weighted by molar-refractivity contribution is -0.132. The predicted octanol–water partition coefficient (Wildman–Crippen LogP) is 4.33. The van der Waals surface area contributed by atoms with E-state index in [9.17, 15) is 17.6 Å². The Morgan fingerprint density at radius 3 is 2.52 bits per heavy atom. The Balaban J connectivity index is 1.89. The number of amides is 1. The molecule has 0 saturated carbocycles. The van der Waals surface area contributed by atoms with Crippen molar-refractivity contribution in [2.24, 2.45) is 5.10 Å². The molecule has 0 aliphatic carbocycles. The van der Waals surface area contributed by atoms with Gasteiger partial charge in [0.2, 0.25) is 15.9 Å². The van der Waals surface area contributed by atoms with Crippen molar-refractivity contribution < 1.29 is 17.6 Å². The largest absolute Gasteiger partial charge is 0.284 e. The third-order valence-corrected chi connectivity index (χ3v) is 6.30. The standard InChI is InChI=1S/C20H21ClFN3O3S/c1-3-20(26)25-19(16-10-7-14(22)11-17(16)21)12-18(23-25)13-5-8-15(9-6-13)24-29(27,28)4-2/h5-11,19,24H,3-4,12H2,1-2H3. The number of hydrogen-bond donors (Lipinski definition) is 1. The molecule has 2 aromatic carbocycles. The molecule has 2 aromatic rings. The van der Waals surface area contributed by atoms with Crippen LogP contribution >= 0.6 is 11.6 Å². The monoisotopic (exact) mass is 437 g/mol. The fourth-order valence-electron chi connectivity index (χ4n) is 3.07. The van der Waals surface area contributed by atoms with E-state index in [2.05, 4.69) is 9.82 Å². The second-order valence-electron chi connectivity index (χ2n) is 6.61. The van der Waals surface area contributed by atoms with E-state index in [4.69, 9.17) is 11.6 Å². The van der Waals surface area contributed by atoms with Gasteiger partial charge in [0, 0.05) is 23.6 Å². The Morgan fingerprint density at radius 2 is 1.93 bits per heavy atom. The topological polar surface area (TPSA) is 78.8 Å². The fraction of sp³-hybridized carbons (Fsp3) is 0.300. The molecule has 1 aliphatic rings. The van der Waals surface area contributed by atoms with Crippen molar-refractivity contribution in [2.75, 3.05) is 10.5 Å². The molecule has 0 radical (unpaired) electrons. The number of carbonyl (C=O) groups excluding carboxylic acids is 1. The van der Waals surface area contributed by atoms with Gasteiger partial charge in [-0.05, 0) is 42.3 Å². The summed E-state index contributed by atoms with van der Waals surface area (Å²) in [6.45, 7) is 3.30. The maximum Gasteiger partial charge on any atom is 0.242 e. The van der Waals surface area contributed by atoms with E-state index in [1.165, 1.54) is 17.1 Å². The van der Waals surface area contributed by atoms with Crippen LogP contribution in [0.4, 0.5) is 10.1 Å². The summed E-state index contributed by atoms with van der Waals surface area (Å²) in [7, 11) is -3.36. The van der Waals surface area contributed by atoms with Crippen LogP contribution in [0.25, 0.3) is 0 Å². The van der Waals surface area contributed by atoms with E-state index in [1.807, 2.05) is 0 Å². The van der Waals surface area contributed by atoms with Gasteiger partial charge in [0.05, 0.1) is 17.5 Å². The first-order valence-corrected chi connectivity index (χ1v) is 11.2. The van der Waals surface area contributed by atoms with Crippen molar-refractivity contribution in [2.45, 2.75) is 32.7 Å². The second kappa shape index (κ2) is 8.51. The Hall–Kier alpha value is -2.45. The van der Waals surface area contributed by atoms with Gasteiger partial charge >= 0.3 is 0 Å². The number of anilines is 1. The molecular weight excluding hydrogens is 417 g/mol. The Kier molecular flexibility index (Phi) is 6.24. The van der Waals surface area contributed by atoms with Crippen LogP contribution in [0.3, 0.4) is 0 Å². The van der Waals surface area contributed by atoms with Crippen molar-refractivity contribution in [3.63, 3.8) is 0 Å². The smallest absolute Gasteiger partial charge is 0.242 e. The number of halogens is 2. The average molecular weight is 438 g/mol. The van der Waals surface area contributed by atoms with Crippen molar-refractivity contribution in [1.29, 1.82) is 0 Å². The first-order chi connectivity index (χ1) is 13.7. The Labute approximate surface area is 174 Å². The molecule has 0 bridgehead atoms. The van der Waals surface area contributed by atoms with E-state index < -0.39 is 21.9 Å². The van der Waals surface area contributed by atoms with Crippen LogP contribution in [-0.2, 0) is 14.8 Å². The molecule has 1 aliphatic heterocycles. The maximum absolute atomic E-state index is 13.4. The number of sulfonamides is 1. The number of nitrogens with one attached hydrogen (secondary N) is 1. The molecule has 0 aromatic heterocycles. The second-order valence-corrected chi connectivity index (χ2v) is 9.03. The van der Waals surface area contributed by atoms with E-state index in [1.54, 1.807) is 44.2 Å². The molecule has 1 atom stereocenters. The minimum absolute atomic E-state index is 0.0182. The minimum Gasteiger partial charge on any atom is -0.284 e. The van der Waals surface area contributed by atoms with Gasteiger partial charge in [0.1, 0.15) is 5.82 Å². The number of carbonyl (C=O) groups is 1. The number of rotatable bonds is 6. The summed E-state index contributed by atoms with van der Waals surface area (Å²) in [6.07, 6.45) is 0.682. The fourth-order valence-corrected chi connectivity index (χ4v) is 4.01. The molecule has 0 saturated heterocycles. The third kappa shape index (κ3) is 4.76. The van der Waals surface area contributed by atoms with Crippen LogP contribution in [0, 0.1) is 5.82 Å². The van der Waals surface area contributed by atoms with Crippen LogP contribution in [-0.4, -0.2) is 30.8 Å². The molecule has 9 heteroatoms. The highest BCUT2D eigenvalue weighted by molar-refractivity contribution is 7.92. The molecule has 1 amide bonds. The molecule has 3 rings (SSSR count). The van der Waals surface area contributed by atoms with Gasteiger partial charge in [0.15, 0.2) is 0 Å². The van der Waals surface area contributed by atoms with E-state index in [0.29, 0.717) is 23.4 Å². The summed E-state index contributed by atoms with van der Waals surface area (Å²) in [5, 5.41) is 6.11. The lowest BCUT2D eigenvalue weighted by Crippen LogP contribution is -2.26. The zero-order valence-electron chi connectivity index (χ0n) is 16.0. The molecule has 0 fully saturated rings. The Morgan fingerprint density at radius 1 is 1.24 bits per heavy atom. The van der Waals surface area contributed by atoms with Crippen molar-refractivity contribution in [3.8, 4) is 0 Å². The molecule has 1 unspecified atom stereocenters. The molecule has 1 N–H and O–H groups in total. The number of benzene rings is 2. The predicted molar refractivity (Wildman–Crippen MR) is 112 cm³/mol.